The second kappa shape index (κ2) is 6.07. The zero-order chi connectivity index (χ0) is 14.5. The van der Waals surface area contributed by atoms with Crippen molar-refractivity contribution in [2.75, 3.05) is 13.7 Å². The highest BCUT2D eigenvalue weighted by Crippen LogP contribution is 2.27. The lowest BCUT2D eigenvalue weighted by molar-refractivity contribution is 0.338. The molecule has 20 heavy (non-hydrogen) atoms. The normalized spacial score (nSPS) is 9.90. The largest absolute Gasteiger partial charge is 0.494 e. The van der Waals surface area contributed by atoms with Crippen molar-refractivity contribution in [3.8, 4) is 28.8 Å². The lowest BCUT2D eigenvalue weighted by Crippen LogP contribution is -1.95. The van der Waals surface area contributed by atoms with E-state index in [-0.39, 0.29) is 0 Å². The van der Waals surface area contributed by atoms with E-state index >= 15 is 0 Å². The predicted octanol–water partition coefficient (Wildman–Crippen LogP) is 3.34. The Labute approximate surface area is 118 Å². The summed E-state index contributed by atoms with van der Waals surface area (Å²) < 4.78 is 10.6. The number of benzene rings is 1. The van der Waals surface area contributed by atoms with Crippen molar-refractivity contribution in [2.24, 2.45) is 0 Å². The molecule has 2 aromatic rings. The van der Waals surface area contributed by atoms with Crippen LogP contribution in [0.25, 0.3) is 11.3 Å². The van der Waals surface area contributed by atoms with E-state index in [9.17, 15) is 0 Å². The number of nitrogens with zero attached hydrogens (tertiary/aromatic N) is 2. The summed E-state index contributed by atoms with van der Waals surface area (Å²) >= 11 is 0. The first-order chi connectivity index (χ1) is 9.69. The monoisotopic (exact) mass is 268 g/mol. The quantitative estimate of drug-likeness (QED) is 0.853. The fourth-order valence-corrected chi connectivity index (χ4v) is 1.98. The minimum Gasteiger partial charge on any atom is -0.494 e. The molecule has 0 aliphatic carbocycles. The van der Waals surface area contributed by atoms with Crippen LogP contribution in [0, 0.1) is 18.3 Å². The van der Waals surface area contributed by atoms with E-state index in [1.165, 1.54) is 7.11 Å². The molecule has 1 aromatic heterocycles. The van der Waals surface area contributed by atoms with E-state index in [1.807, 2.05) is 32.0 Å². The number of hydrogen-bond donors (Lipinski definition) is 0. The Morgan fingerprint density at radius 1 is 1.25 bits per heavy atom. The third kappa shape index (κ3) is 2.72. The molecule has 0 bridgehead atoms. The van der Waals surface area contributed by atoms with Gasteiger partial charge in [-0.25, -0.2) is 0 Å². The van der Waals surface area contributed by atoms with Gasteiger partial charge in [0.1, 0.15) is 11.8 Å². The molecule has 0 fully saturated rings. The molecule has 0 saturated heterocycles. The topological polar surface area (TPSA) is 55.1 Å². The van der Waals surface area contributed by atoms with Gasteiger partial charge in [0.15, 0.2) is 5.75 Å². The third-order valence-corrected chi connectivity index (χ3v) is 2.98. The predicted molar refractivity (Wildman–Crippen MR) is 76.8 cm³/mol. The summed E-state index contributed by atoms with van der Waals surface area (Å²) in [6, 6.07) is 9.71. The van der Waals surface area contributed by atoms with Crippen molar-refractivity contribution in [3.05, 3.63) is 41.6 Å². The van der Waals surface area contributed by atoms with Gasteiger partial charge < -0.3 is 9.47 Å². The first kappa shape index (κ1) is 13.9. The SMILES string of the molecule is CCOc1ccc(-c2cc(C#N)c(OC)cn2)cc1C. The van der Waals surface area contributed by atoms with Gasteiger partial charge in [0.05, 0.1) is 31.2 Å². The number of aryl methyl sites for hydroxylation is 1. The average molecular weight is 268 g/mol. The van der Waals surface area contributed by atoms with Gasteiger partial charge in [-0.1, -0.05) is 0 Å². The van der Waals surface area contributed by atoms with E-state index < -0.39 is 0 Å². The van der Waals surface area contributed by atoms with Crippen LogP contribution in [-0.2, 0) is 0 Å². The van der Waals surface area contributed by atoms with E-state index in [0.29, 0.717) is 17.9 Å². The fourth-order valence-electron chi connectivity index (χ4n) is 1.98. The zero-order valence-electron chi connectivity index (χ0n) is 11.8. The maximum atomic E-state index is 9.11. The number of pyridine rings is 1. The van der Waals surface area contributed by atoms with Crippen LogP contribution < -0.4 is 9.47 Å². The molecule has 0 radical (unpaired) electrons. The summed E-state index contributed by atoms with van der Waals surface area (Å²) in [5, 5.41) is 9.11. The van der Waals surface area contributed by atoms with Gasteiger partial charge >= 0.3 is 0 Å². The van der Waals surface area contributed by atoms with Gasteiger partial charge in [-0.05, 0) is 43.7 Å². The van der Waals surface area contributed by atoms with Gasteiger partial charge in [-0.2, -0.15) is 5.26 Å². The highest BCUT2D eigenvalue weighted by atomic mass is 16.5. The molecule has 2 rings (SSSR count). The number of aromatic nitrogens is 1. The molecule has 1 aromatic carbocycles. The number of hydrogen-bond acceptors (Lipinski definition) is 4. The summed E-state index contributed by atoms with van der Waals surface area (Å²) in [6.45, 7) is 4.58. The number of methoxy groups -OCH3 is 1. The molecular formula is C16H16N2O2. The summed E-state index contributed by atoms with van der Waals surface area (Å²) in [6.07, 6.45) is 1.57. The Kier molecular flexibility index (Phi) is 4.21. The standard InChI is InChI=1S/C16H16N2O2/c1-4-20-15-6-5-12(7-11(15)2)14-8-13(9-17)16(19-3)10-18-14/h5-8,10H,4H2,1-3H3. The number of nitriles is 1. The molecule has 0 aliphatic rings. The first-order valence-corrected chi connectivity index (χ1v) is 6.37. The third-order valence-electron chi connectivity index (χ3n) is 2.98. The van der Waals surface area contributed by atoms with Crippen LogP contribution in [-0.4, -0.2) is 18.7 Å². The maximum Gasteiger partial charge on any atom is 0.154 e. The molecule has 1 heterocycles. The minimum atomic E-state index is 0.476. The molecule has 102 valence electrons. The van der Waals surface area contributed by atoms with Crippen molar-refractivity contribution in [1.29, 1.82) is 5.26 Å². The van der Waals surface area contributed by atoms with E-state index in [1.54, 1.807) is 12.3 Å². The molecule has 0 unspecified atom stereocenters. The van der Waals surface area contributed by atoms with Crippen LogP contribution in [0.15, 0.2) is 30.5 Å². The molecular weight excluding hydrogens is 252 g/mol. The molecule has 0 amide bonds. The van der Waals surface area contributed by atoms with Crippen LogP contribution in [0.4, 0.5) is 0 Å². The lowest BCUT2D eigenvalue weighted by Gasteiger charge is -2.09. The maximum absolute atomic E-state index is 9.11. The Morgan fingerprint density at radius 2 is 2.05 bits per heavy atom. The van der Waals surface area contributed by atoms with Gasteiger partial charge in [-0.3, -0.25) is 4.98 Å². The van der Waals surface area contributed by atoms with Crippen molar-refractivity contribution in [2.45, 2.75) is 13.8 Å². The molecule has 4 nitrogen and oxygen atoms in total. The highest BCUT2D eigenvalue weighted by molar-refractivity contribution is 5.64. The van der Waals surface area contributed by atoms with Crippen LogP contribution in [0.3, 0.4) is 0 Å². The average Bonchev–Trinajstić information content (AvgIpc) is 2.48. The van der Waals surface area contributed by atoms with Gasteiger partial charge in [0.25, 0.3) is 0 Å². The van der Waals surface area contributed by atoms with E-state index in [4.69, 9.17) is 14.7 Å². The summed E-state index contributed by atoms with van der Waals surface area (Å²) in [5.41, 5.74) is 3.21. The van der Waals surface area contributed by atoms with Crippen LogP contribution >= 0.6 is 0 Å². The van der Waals surface area contributed by atoms with E-state index in [2.05, 4.69) is 11.1 Å². The van der Waals surface area contributed by atoms with Crippen LogP contribution in [0.1, 0.15) is 18.1 Å². The second-order valence-corrected chi connectivity index (χ2v) is 4.29. The smallest absolute Gasteiger partial charge is 0.154 e. The van der Waals surface area contributed by atoms with E-state index in [0.717, 1.165) is 22.6 Å². The molecule has 4 heteroatoms. The molecule has 0 aliphatic heterocycles. The lowest BCUT2D eigenvalue weighted by atomic mass is 10.1. The Hall–Kier alpha value is -2.54. The van der Waals surface area contributed by atoms with Crippen molar-refractivity contribution < 1.29 is 9.47 Å². The fraction of sp³-hybridized carbons (Fsp3) is 0.250. The summed E-state index contributed by atoms with van der Waals surface area (Å²) in [7, 11) is 1.53. The first-order valence-electron chi connectivity index (χ1n) is 6.37. The number of rotatable bonds is 4. The zero-order valence-corrected chi connectivity index (χ0v) is 11.8. The minimum absolute atomic E-state index is 0.476. The van der Waals surface area contributed by atoms with Crippen LogP contribution in [0.5, 0.6) is 11.5 Å². The van der Waals surface area contributed by atoms with Gasteiger partial charge in [-0.15, -0.1) is 0 Å². The molecule has 0 spiro atoms. The van der Waals surface area contributed by atoms with Gasteiger partial charge in [0, 0.05) is 5.56 Å². The Morgan fingerprint density at radius 3 is 2.65 bits per heavy atom. The van der Waals surface area contributed by atoms with Crippen LogP contribution in [0.2, 0.25) is 0 Å². The molecule has 0 N–H and O–H groups in total. The van der Waals surface area contributed by atoms with Crippen molar-refractivity contribution >= 4 is 0 Å². The summed E-state index contributed by atoms with van der Waals surface area (Å²) in [4.78, 5) is 4.33. The Bertz CT molecular complexity index is 660. The Balaban J connectivity index is 2.42. The molecule has 0 atom stereocenters. The number of ether oxygens (including phenoxy) is 2. The second-order valence-electron chi connectivity index (χ2n) is 4.29. The summed E-state index contributed by atoms with van der Waals surface area (Å²) in [5.74, 6) is 1.35. The van der Waals surface area contributed by atoms with Gasteiger partial charge in [0.2, 0.25) is 0 Å². The van der Waals surface area contributed by atoms with Crippen molar-refractivity contribution in [1.82, 2.24) is 4.98 Å². The van der Waals surface area contributed by atoms with Crippen molar-refractivity contribution in [3.63, 3.8) is 0 Å². The highest BCUT2D eigenvalue weighted by Gasteiger charge is 2.08. The molecule has 0 saturated carbocycles.